The Bertz CT molecular complexity index is 520. The third-order valence-electron chi connectivity index (χ3n) is 2.39. The van der Waals surface area contributed by atoms with Crippen LogP contribution in [0.15, 0.2) is 18.2 Å². The lowest BCUT2D eigenvalue weighted by atomic mass is 10.1. The molecule has 0 aliphatic rings. The third-order valence-corrected chi connectivity index (χ3v) is 2.39. The van der Waals surface area contributed by atoms with Gasteiger partial charge in [0.25, 0.3) is 0 Å². The van der Waals surface area contributed by atoms with Crippen LogP contribution in [0.25, 0.3) is 11.4 Å². The summed E-state index contributed by atoms with van der Waals surface area (Å²) in [4.78, 5) is 0. The number of hydrogen-bond donors (Lipinski definition) is 2. The van der Waals surface area contributed by atoms with Crippen molar-refractivity contribution in [3.8, 4) is 11.4 Å². The van der Waals surface area contributed by atoms with Gasteiger partial charge in [0.1, 0.15) is 5.82 Å². The van der Waals surface area contributed by atoms with Crippen LogP contribution in [0.3, 0.4) is 0 Å². The molecule has 0 aliphatic heterocycles. The van der Waals surface area contributed by atoms with Crippen molar-refractivity contribution in [1.82, 2.24) is 14.8 Å². The van der Waals surface area contributed by atoms with Gasteiger partial charge < -0.3 is 11.1 Å². The van der Waals surface area contributed by atoms with Crippen molar-refractivity contribution in [1.29, 1.82) is 0 Å². The van der Waals surface area contributed by atoms with Crippen molar-refractivity contribution in [2.24, 2.45) is 7.05 Å². The zero-order valence-corrected chi connectivity index (χ0v) is 9.03. The van der Waals surface area contributed by atoms with Gasteiger partial charge in [0.2, 0.25) is 5.95 Å². The van der Waals surface area contributed by atoms with E-state index < -0.39 is 5.82 Å². The number of nitrogens with zero attached hydrogens (tertiary/aromatic N) is 3. The Balaban J connectivity index is 2.59. The van der Waals surface area contributed by atoms with Crippen LogP contribution >= 0.6 is 0 Å². The van der Waals surface area contributed by atoms with Crippen molar-refractivity contribution >= 4 is 11.6 Å². The molecule has 5 nitrogen and oxygen atoms in total. The summed E-state index contributed by atoms with van der Waals surface area (Å²) in [6, 6.07) is 4.62. The topological polar surface area (TPSA) is 68.8 Å². The molecule has 0 atom stereocenters. The molecule has 1 heterocycles. The second-order valence-corrected chi connectivity index (χ2v) is 3.36. The van der Waals surface area contributed by atoms with Gasteiger partial charge in [0, 0.05) is 19.7 Å². The predicted molar refractivity (Wildman–Crippen MR) is 60.4 cm³/mol. The Kier molecular flexibility index (Phi) is 2.47. The molecule has 0 unspecified atom stereocenters. The fourth-order valence-electron chi connectivity index (χ4n) is 1.51. The minimum absolute atomic E-state index is 0.0839. The van der Waals surface area contributed by atoms with E-state index >= 15 is 0 Å². The van der Waals surface area contributed by atoms with E-state index in [4.69, 9.17) is 5.73 Å². The Morgan fingerprint density at radius 3 is 2.75 bits per heavy atom. The number of nitrogen functional groups attached to an aromatic ring is 1. The molecule has 84 valence electrons. The maximum Gasteiger partial charge on any atom is 0.224 e. The molecule has 2 aromatic rings. The van der Waals surface area contributed by atoms with E-state index in [2.05, 4.69) is 15.5 Å². The van der Waals surface area contributed by atoms with Gasteiger partial charge in [-0.3, -0.25) is 4.57 Å². The highest BCUT2D eigenvalue weighted by Gasteiger charge is 2.13. The highest BCUT2D eigenvalue weighted by atomic mass is 19.1. The number of benzene rings is 1. The van der Waals surface area contributed by atoms with Crippen molar-refractivity contribution in [2.45, 2.75) is 0 Å². The molecule has 0 saturated heterocycles. The molecule has 0 fully saturated rings. The second kappa shape index (κ2) is 3.80. The summed E-state index contributed by atoms with van der Waals surface area (Å²) in [7, 11) is 3.52. The third kappa shape index (κ3) is 1.48. The summed E-state index contributed by atoms with van der Waals surface area (Å²) in [5, 5.41) is 10.7. The SMILES string of the molecule is CNc1nnc(-c2cccc(F)c2N)n1C. The van der Waals surface area contributed by atoms with E-state index in [9.17, 15) is 4.39 Å². The fraction of sp³-hybridized carbons (Fsp3) is 0.200. The number of rotatable bonds is 2. The molecule has 6 heteroatoms. The largest absolute Gasteiger partial charge is 0.396 e. The molecule has 0 radical (unpaired) electrons. The minimum atomic E-state index is -0.452. The molecule has 0 bridgehead atoms. The first-order chi connectivity index (χ1) is 7.65. The van der Waals surface area contributed by atoms with Crippen LogP contribution in [-0.4, -0.2) is 21.8 Å². The van der Waals surface area contributed by atoms with Gasteiger partial charge in [0.15, 0.2) is 5.82 Å². The van der Waals surface area contributed by atoms with Crippen LogP contribution in [0.2, 0.25) is 0 Å². The fourth-order valence-corrected chi connectivity index (χ4v) is 1.51. The van der Waals surface area contributed by atoms with Gasteiger partial charge in [-0.25, -0.2) is 4.39 Å². The molecule has 3 N–H and O–H groups in total. The zero-order valence-electron chi connectivity index (χ0n) is 9.03. The number of hydrogen-bond acceptors (Lipinski definition) is 4. The maximum atomic E-state index is 13.3. The van der Waals surface area contributed by atoms with Crippen molar-refractivity contribution in [3.05, 3.63) is 24.0 Å². The van der Waals surface area contributed by atoms with Crippen molar-refractivity contribution < 1.29 is 4.39 Å². The van der Waals surface area contributed by atoms with E-state index in [1.807, 2.05) is 0 Å². The van der Waals surface area contributed by atoms with E-state index in [1.54, 1.807) is 30.8 Å². The summed E-state index contributed by atoms with van der Waals surface area (Å²) in [5.74, 6) is 0.673. The number of nitrogens with one attached hydrogen (secondary N) is 1. The normalized spacial score (nSPS) is 10.4. The van der Waals surface area contributed by atoms with E-state index in [1.165, 1.54) is 6.07 Å². The summed E-state index contributed by atoms with van der Waals surface area (Å²) in [5.41, 5.74) is 6.28. The Hall–Kier alpha value is -2.11. The molecule has 2 rings (SSSR count). The molecule has 0 amide bonds. The van der Waals surface area contributed by atoms with Gasteiger partial charge in [-0.15, -0.1) is 10.2 Å². The number of nitrogens with two attached hydrogens (primary N) is 1. The Morgan fingerprint density at radius 1 is 1.38 bits per heavy atom. The number of para-hydroxylation sites is 1. The standard InChI is InChI=1S/C10H12FN5/c1-13-10-15-14-9(16(10)2)6-4-3-5-7(11)8(6)12/h3-5H,12H2,1-2H3,(H,13,15). The lowest BCUT2D eigenvalue weighted by Crippen LogP contribution is -2.02. The van der Waals surface area contributed by atoms with E-state index in [-0.39, 0.29) is 5.69 Å². The van der Waals surface area contributed by atoms with Crippen LogP contribution in [0.4, 0.5) is 16.0 Å². The first kappa shape index (κ1) is 10.4. The summed E-state index contributed by atoms with van der Waals surface area (Å²) >= 11 is 0. The quantitative estimate of drug-likeness (QED) is 0.749. The van der Waals surface area contributed by atoms with Gasteiger partial charge in [-0.1, -0.05) is 6.07 Å². The predicted octanol–water partition coefficient (Wildman–Crippen LogP) is 1.25. The summed E-state index contributed by atoms with van der Waals surface area (Å²) in [6.45, 7) is 0. The molecule has 1 aromatic heterocycles. The lowest BCUT2D eigenvalue weighted by Gasteiger charge is -2.06. The van der Waals surface area contributed by atoms with E-state index in [0.29, 0.717) is 17.3 Å². The molecule has 0 spiro atoms. The zero-order chi connectivity index (χ0) is 11.7. The number of aromatic nitrogens is 3. The highest BCUT2D eigenvalue weighted by Crippen LogP contribution is 2.26. The molecule has 0 aliphatic carbocycles. The molecular weight excluding hydrogens is 209 g/mol. The maximum absolute atomic E-state index is 13.3. The van der Waals surface area contributed by atoms with Crippen LogP contribution < -0.4 is 11.1 Å². The minimum Gasteiger partial charge on any atom is -0.396 e. The Morgan fingerprint density at radius 2 is 2.12 bits per heavy atom. The molecular formula is C10H12FN5. The summed E-state index contributed by atoms with van der Waals surface area (Å²) < 4.78 is 15.0. The van der Waals surface area contributed by atoms with Crippen LogP contribution in [0.1, 0.15) is 0 Å². The first-order valence-corrected chi connectivity index (χ1v) is 4.76. The van der Waals surface area contributed by atoms with Gasteiger partial charge in [0.05, 0.1) is 5.69 Å². The average molecular weight is 221 g/mol. The van der Waals surface area contributed by atoms with Gasteiger partial charge in [-0.05, 0) is 12.1 Å². The molecule has 1 aromatic carbocycles. The van der Waals surface area contributed by atoms with Gasteiger partial charge >= 0.3 is 0 Å². The monoisotopic (exact) mass is 221 g/mol. The number of halogens is 1. The van der Waals surface area contributed by atoms with Gasteiger partial charge in [-0.2, -0.15) is 0 Å². The highest BCUT2D eigenvalue weighted by molar-refractivity contribution is 5.72. The first-order valence-electron chi connectivity index (χ1n) is 4.76. The second-order valence-electron chi connectivity index (χ2n) is 3.36. The smallest absolute Gasteiger partial charge is 0.224 e. The Labute approximate surface area is 92.1 Å². The lowest BCUT2D eigenvalue weighted by molar-refractivity contribution is 0.632. The van der Waals surface area contributed by atoms with Crippen molar-refractivity contribution in [3.63, 3.8) is 0 Å². The molecule has 16 heavy (non-hydrogen) atoms. The van der Waals surface area contributed by atoms with Crippen molar-refractivity contribution in [2.75, 3.05) is 18.1 Å². The van der Waals surface area contributed by atoms with Crippen LogP contribution in [-0.2, 0) is 7.05 Å². The molecule has 0 saturated carbocycles. The van der Waals surface area contributed by atoms with E-state index in [0.717, 1.165) is 0 Å². The summed E-state index contributed by atoms with van der Waals surface area (Å²) in [6.07, 6.45) is 0. The van der Waals surface area contributed by atoms with Crippen LogP contribution in [0, 0.1) is 5.82 Å². The number of anilines is 2. The van der Waals surface area contributed by atoms with Crippen LogP contribution in [0.5, 0.6) is 0 Å². The average Bonchev–Trinajstić information content (AvgIpc) is 2.64.